The summed E-state index contributed by atoms with van der Waals surface area (Å²) in [6.07, 6.45) is 3.37. The Morgan fingerprint density at radius 3 is 2.32 bits per heavy atom. The zero-order chi connectivity index (χ0) is 21.4. The van der Waals surface area contributed by atoms with E-state index in [9.17, 15) is 4.79 Å². The van der Waals surface area contributed by atoms with Gasteiger partial charge in [-0.3, -0.25) is 14.3 Å². The molecule has 2 aromatic heterocycles. The van der Waals surface area contributed by atoms with E-state index in [0.29, 0.717) is 11.2 Å². The Hall–Kier alpha value is -4.06. The zero-order valence-corrected chi connectivity index (χ0v) is 17.3. The van der Waals surface area contributed by atoms with E-state index in [-0.39, 0.29) is 11.9 Å². The van der Waals surface area contributed by atoms with Gasteiger partial charge in [0.25, 0.3) is 5.91 Å². The summed E-state index contributed by atoms with van der Waals surface area (Å²) in [4.78, 5) is 28.0. The van der Waals surface area contributed by atoms with E-state index in [4.69, 9.17) is 0 Å². The number of benzene rings is 3. The summed E-state index contributed by atoms with van der Waals surface area (Å²) in [5, 5.41) is 0. The Kier molecular flexibility index (Phi) is 4.67. The van der Waals surface area contributed by atoms with Crippen LogP contribution in [0.1, 0.15) is 29.0 Å². The largest absolute Gasteiger partial charge is 0.334 e. The molecule has 31 heavy (non-hydrogen) atoms. The molecular formula is C25H21N5O. The summed E-state index contributed by atoms with van der Waals surface area (Å²) in [5.74, 6) is -0.157. The lowest BCUT2D eigenvalue weighted by molar-refractivity contribution is 0.0736. The second-order valence-electron chi connectivity index (χ2n) is 7.53. The molecule has 0 N–H and O–H groups in total. The molecule has 1 unspecified atom stereocenters. The number of para-hydroxylation sites is 4. The zero-order valence-electron chi connectivity index (χ0n) is 17.3. The normalized spacial score (nSPS) is 12.2. The van der Waals surface area contributed by atoms with Crippen molar-refractivity contribution in [2.75, 3.05) is 7.05 Å². The van der Waals surface area contributed by atoms with Crippen LogP contribution in [0.15, 0.2) is 85.3 Å². The van der Waals surface area contributed by atoms with Gasteiger partial charge in [0.15, 0.2) is 0 Å². The molecule has 1 atom stereocenters. The molecule has 0 aliphatic heterocycles. The van der Waals surface area contributed by atoms with Gasteiger partial charge in [-0.05, 0) is 48.9 Å². The van der Waals surface area contributed by atoms with Crippen molar-refractivity contribution in [1.82, 2.24) is 24.4 Å². The fraction of sp³-hybridized carbons (Fsp3) is 0.120. The fourth-order valence-corrected chi connectivity index (χ4v) is 3.72. The van der Waals surface area contributed by atoms with E-state index in [1.807, 2.05) is 80.0 Å². The van der Waals surface area contributed by atoms with Crippen molar-refractivity contribution in [3.05, 3.63) is 96.6 Å². The maximum Gasteiger partial charge on any atom is 0.274 e. The Morgan fingerprint density at radius 1 is 0.871 bits per heavy atom. The number of carbonyl (C=O) groups is 1. The summed E-state index contributed by atoms with van der Waals surface area (Å²) in [5.41, 5.74) is 5.92. The van der Waals surface area contributed by atoms with Crippen LogP contribution in [0.5, 0.6) is 0 Å². The third-order valence-corrected chi connectivity index (χ3v) is 5.68. The molecule has 5 aromatic rings. The molecule has 152 valence electrons. The predicted molar refractivity (Wildman–Crippen MR) is 121 cm³/mol. The van der Waals surface area contributed by atoms with Gasteiger partial charge in [0, 0.05) is 12.7 Å². The molecule has 3 aromatic carbocycles. The van der Waals surface area contributed by atoms with Gasteiger partial charge in [0.05, 0.1) is 34.3 Å². The van der Waals surface area contributed by atoms with Crippen LogP contribution < -0.4 is 0 Å². The molecule has 0 radical (unpaired) electrons. The monoisotopic (exact) mass is 407 g/mol. The molecule has 0 aliphatic rings. The summed E-state index contributed by atoms with van der Waals surface area (Å²) in [6.45, 7) is 2.01. The number of hydrogen-bond donors (Lipinski definition) is 0. The average Bonchev–Trinajstić information content (AvgIpc) is 3.26. The first-order valence-corrected chi connectivity index (χ1v) is 10.1. The average molecular weight is 407 g/mol. The summed E-state index contributed by atoms with van der Waals surface area (Å²) < 4.78 is 2.06. The highest BCUT2D eigenvalue weighted by Gasteiger charge is 2.21. The number of fused-ring (bicyclic) bond motifs is 2. The molecule has 0 spiro atoms. The van der Waals surface area contributed by atoms with Gasteiger partial charge >= 0.3 is 0 Å². The van der Waals surface area contributed by atoms with Gasteiger partial charge < -0.3 is 4.90 Å². The highest BCUT2D eigenvalue weighted by Crippen LogP contribution is 2.24. The number of hydrogen-bond acceptors (Lipinski definition) is 4. The first-order valence-electron chi connectivity index (χ1n) is 10.1. The van der Waals surface area contributed by atoms with Gasteiger partial charge in [-0.2, -0.15) is 0 Å². The Bertz CT molecular complexity index is 1390. The Balaban J connectivity index is 1.38. The quantitative estimate of drug-likeness (QED) is 0.429. The van der Waals surface area contributed by atoms with Crippen molar-refractivity contribution in [2.45, 2.75) is 13.0 Å². The predicted octanol–water partition coefficient (Wildman–Crippen LogP) is 4.80. The van der Waals surface area contributed by atoms with Crippen LogP contribution in [-0.4, -0.2) is 37.4 Å². The molecule has 0 saturated heterocycles. The molecular weight excluding hydrogens is 386 g/mol. The lowest BCUT2D eigenvalue weighted by atomic mass is 10.1. The second kappa shape index (κ2) is 7.65. The first kappa shape index (κ1) is 18.9. The SMILES string of the molecule is CC(c1ccc(-n2cnc3ccccc32)cc1)N(C)C(=O)c1cnc2ccccc2n1. The lowest BCUT2D eigenvalue weighted by Gasteiger charge is -2.25. The van der Waals surface area contributed by atoms with Crippen LogP contribution in [0.2, 0.25) is 0 Å². The molecule has 0 fully saturated rings. The first-order chi connectivity index (χ1) is 15.1. The van der Waals surface area contributed by atoms with Gasteiger partial charge in [-0.15, -0.1) is 0 Å². The standard InChI is InChI=1S/C25H21N5O/c1-17(29(2)25(31)23-15-26-20-7-3-4-8-21(20)28-23)18-11-13-19(14-12-18)30-16-27-22-9-5-6-10-24(22)30/h3-17H,1-2H3. The third-order valence-electron chi connectivity index (χ3n) is 5.68. The van der Waals surface area contributed by atoms with Crippen molar-refractivity contribution in [2.24, 2.45) is 0 Å². The molecule has 0 saturated carbocycles. The summed E-state index contributed by atoms with van der Waals surface area (Å²) in [7, 11) is 1.79. The summed E-state index contributed by atoms with van der Waals surface area (Å²) in [6, 6.07) is 23.7. The van der Waals surface area contributed by atoms with E-state index in [0.717, 1.165) is 27.8 Å². The van der Waals surface area contributed by atoms with Gasteiger partial charge in [0.2, 0.25) is 0 Å². The topological polar surface area (TPSA) is 63.9 Å². The maximum atomic E-state index is 13.0. The molecule has 0 bridgehead atoms. The Labute approximate surface area is 179 Å². The number of nitrogens with zero attached hydrogens (tertiary/aromatic N) is 5. The van der Waals surface area contributed by atoms with Crippen molar-refractivity contribution < 1.29 is 4.79 Å². The number of carbonyl (C=O) groups excluding carboxylic acids is 1. The highest BCUT2D eigenvalue weighted by molar-refractivity contribution is 5.93. The van der Waals surface area contributed by atoms with E-state index in [1.54, 1.807) is 18.1 Å². The molecule has 5 rings (SSSR count). The molecule has 6 heteroatoms. The van der Waals surface area contributed by atoms with Crippen molar-refractivity contribution in [3.63, 3.8) is 0 Å². The smallest absolute Gasteiger partial charge is 0.274 e. The van der Waals surface area contributed by atoms with Gasteiger partial charge in [0.1, 0.15) is 12.0 Å². The Morgan fingerprint density at radius 2 is 1.55 bits per heavy atom. The van der Waals surface area contributed by atoms with Crippen molar-refractivity contribution in [1.29, 1.82) is 0 Å². The number of imidazole rings is 1. The van der Waals surface area contributed by atoms with Crippen LogP contribution in [0.25, 0.3) is 27.8 Å². The minimum absolute atomic E-state index is 0.116. The minimum Gasteiger partial charge on any atom is -0.334 e. The van der Waals surface area contributed by atoms with E-state index >= 15 is 0 Å². The minimum atomic E-state index is -0.157. The van der Waals surface area contributed by atoms with Gasteiger partial charge in [-0.1, -0.05) is 36.4 Å². The molecule has 6 nitrogen and oxygen atoms in total. The number of amides is 1. The number of aromatic nitrogens is 4. The van der Waals surface area contributed by atoms with Crippen molar-refractivity contribution >= 4 is 28.0 Å². The van der Waals surface area contributed by atoms with E-state index < -0.39 is 0 Å². The molecule has 0 aliphatic carbocycles. The summed E-state index contributed by atoms with van der Waals surface area (Å²) >= 11 is 0. The molecule has 2 heterocycles. The van der Waals surface area contributed by atoms with Gasteiger partial charge in [-0.25, -0.2) is 9.97 Å². The van der Waals surface area contributed by atoms with E-state index in [2.05, 4.69) is 25.6 Å². The molecule has 1 amide bonds. The third kappa shape index (κ3) is 3.42. The lowest BCUT2D eigenvalue weighted by Crippen LogP contribution is -2.30. The van der Waals surface area contributed by atoms with E-state index in [1.165, 1.54) is 0 Å². The number of rotatable bonds is 4. The van der Waals surface area contributed by atoms with Crippen LogP contribution >= 0.6 is 0 Å². The fourth-order valence-electron chi connectivity index (χ4n) is 3.72. The van der Waals surface area contributed by atoms with Crippen molar-refractivity contribution in [3.8, 4) is 5.69 Å². The van der Waals surface area contributed by atoms with Crippen LogP contribution in [0.3, 0.4) is 0 Å². The van der Waals surface area contributed by atoms with Crippen LogP contribution in [-0.2, 0) is 0 Å². The maximum absolute atomic E-state index is 13.0. The second-order valence-corrected chi connectivity index (χ2v) is 7.53. The highest BCUT2D eigenvalue weighted by atomic mass is 16.2. The van der Waals surface area contributed by atoms with Crippen LogP contribution in [0, 0.1) is 0 Å². The van der Waals surface area contributed by atoms with Crippen LogP contribution in [0.4, 0.5) is 0 Å².